The van der Waals surface area contributed by atoms with Gasteiger partial charge in [0.15, 0.2) is 0 Å². The van der Waals surface area contributed by atoms with Crippen molar-refractivity contribution in [3.63, 3.8) is 0 Å². The summed E-state index contributed by atoms with van der Waals surface area (Å²) in [5.41, 5.74) is 1.04. The van der Waals surface area contributed by atoms with Crippen LogP contribution in [0.1, 0.15) is 6.92 Å². The lowest BCUT2D eigenvalue weighted by molar-refractivity contribution is 1.10. The smallest absolute Gasteiger partial charge is 0.150 e. The van der Waals surface area contributed by atoms with Gasteiger partial charge in [-0.2, -0.15) is 0 Å². The van der Waals surface area contributed by atoms with Crippen molar-refractivity contribution in [1.82, 2.24) is 9.97 Å². The molecule has 2 aromatic rings. The summed E-state index contributed by atoms with van der Waals surface area (Å²) in [5, 5.41) is 6.52. The van der Waals surface area contributed by atoms with Crippen molar-refractivity contribution in [2.45, 2.75) is 11.8 Å². The fourth-order valence-corrected chi connectivity index (χ4v) is 2.62. The molecule has 0 spiro atoms. The summed E-state index contributed by atoms with van der Waals surface area (Å²) < 4.78 is 0.841. The number of rotatable bonds is 5. The van der Waals surface area contributed by atoms with E-state index < -0.39 is 0 Å². The first-order valence-corrected chi connectivity index (χ1v) is 7.92. The zero-order chi connectivity index (χ0) is 13.7. The molecule has 0 aliphatic rings. The van der Waals surface area contributed by atoms with Crippen LogP contribution in [-0.4, -0.2) is 22.8 Å². The second kappa shape index (κ2) is 6.77. The van der Waals surface area contributed by atoms with Crippen molar-refractivity contribution in [2.75, 3.05) is 23.4 Å². The Morgan fingerprint density at radius 1 is 1.21 bits per heavy atom. The predicted molar refractivity (Wildman–Crippen MR) is 85.4 cm³/mol. The van der Waals surface area contributed by atoms with Crippen molar-refractivity contribution in [3.8, 4) is 0 Å². The van der Waals surface area contributed by atoms with Gasteiger partial charge in [-0.05, 0) is 41.2 Å². The topological polar surface area (TPSA) is 49.8 Å². The molecule has 0 bridgehead atoms. The van der Waals surface area contributed by atoms with Crippen molar-refractivity contribution >= 4 is 45.0 Å². The van der Waals surface area contributed by atoms with Crippen LogP contribution in [0.4, 0.5) is 17.3 Å². The molecule has 0 amide bonds. The van der Waals surface area contributed by atoms with Gasteiger partial charge in [0.1, 0.15) is 22.4 Å². The molecule has 1 aromatic heterocycles. The van der Waals surface area contributed by atoms with E-state index in [1.807, 2.05) is 25.1 Å². The molecule has 0 radical (unpaired) electrons. The van der Waals surface area contributed by atoms with Crippen LogP contribution in [0.2, 0.25) is 0 Å². The van der Waals surface area contributed by atoms with E-state index in [2.05, 4.69) is 48.9 Å². The SMILES string of the molecule is CCNc1ncnc(Nc2ccccc2SC)c1Br. The number of para-hydroxylation sites is 1. The van der Waals surface area contributed by atoms with E-state index in [0.717, 1.165) is 28.3 Å². The minimum absolute atomic E-state index is 0.757. The van der Waals surface area contributed by atoms with E-state index in [1.165, 1.54) is 4.90 Å². The molecule has 0 atom stereocenters. The predicted octanol–water partition coefficient (Wildman–Crippen LogP) is 4.14. The third-order valence-electron chi connectivity index (χ3n) is 2.49. The Balaban J connectivity index is 2.30. The number of aromatic nitrogens is 2. The molecule has 100 valence electrons. The molecule has 0 aliphatic heterocycles. The van der Waals surface area contributed by atoms with E-state index in [1.54, 1.807) is 18.1 Å². The highest BCUT2D eigenvalue weighted by molar-refractivity contribution is 9.10. The molecular formula is C13H15BrN4S. The van der Waals surface area contributed by atoms with Crippen LogP contribution in [0.5, 0.6) is 0 Å². The molecule has 0 saturated carbocycles. The molecule has 1 heterocycles. The average Bonchev–Trinajstić information content (AvgIpc) is 2.44. The number of hydrogen-bond donors (Lipinski definition) is 2. The maximum Gasteiger partial charge on any atom is 0.150 e. The number of halogens is 1. The molecular weight excluding hydrogens is 324 g/mol. The van der Waals surface area contributed by atoms with Crippen molar-refractivity contribution in [2.24, 2.45) is 0 Å². The molecule has 0 fully saturated rings. The van der Waals surface area contributed by atoms with Crippen LogP contribution in [0.3, 0.4) is 0 Å². The highest BCUT2D eigenvalue weighted by Crippen LogP contribution is 2.32. The van der Waals surface area contributed by atoms with E-state index in [9.17, 15) is 0 Å². The maximum absolute atomic E-state index is 4.27. The Kier molecular flexibility index (Phi) is 5.04. The van der Waals surface area contributed by atoms with E-state index in [-0.39, 0.29) is 0 Å². The summed E-state index contributed by atoms with van der Waals surface area (Å²) in [5.74, 6) is 1.55. The van der Waals surface area contributed by atoms with Crippen LogP contribution in [0, 0.1) is 0 Å². The summed E-state index contributed by atoms with van der Waals surface area (Å²) >= 11 is 5.23. The number of benzene rings is 1. The first-order valence-electron chi connectivity index (χ1n) is 5.90. The highest BCUT2D eigenvalue weighted by Gasteiger charge is 2.09. The molecule has 2 N–H and O–H groups in total. The van der Waals surface area contributed by atoms with Gasteiger partial charge in [-0.15, -0.1) is 11.8 Å². The van der Waals surface area contributed by atoms with Gasteiger partial charge < -0.3 is 10.6 Å². The Morgan fingerprint density at radius 3 is 2.68 bits per heavy atom. The molecule has 4 nitrogen and oxygen atoms in total. The number of nitrogens with zero attached hydrogens (tertiary/aromatic N) is 2. The Morgan fingerprint density at radius 2 is 1.95 bits per heavy atom. The highest BCUT2D eigenvalue weighted by atomic mass is 79.9. The lowest BCUT2D eigenvalue weighted by atomic mass is 10.3. The largest absolute Gasteiger partial charge is 0.369 e. The summed E-state index contributed by atoms with van der Waals surface area (Å²) in [6, 6.07) is 8.14. The lowest BCUT2D eigenvalue weighted by Crippen LogP contribution is -2.04. The van der Waals surface area contributed by atoms with Crippen LogP contribution in [-0.2, 0) is 0 Å². The first-order chi connectivity index (χ1) is 9.26. The van der Waals surface area contributed by atoms with Crippen molar-refractivity contribution < 1.29 is 0 Å². The summed E-state index contributed by atoms with van der Waals surface area (Å²) in [7, 11) is 0. The van der Waals surface area contributed by atoms with E-state index in [0.29, 0.717) is 0 Å². The third-order valence-corrected chi connectivity index (χ3v) is 4.04. The van der Waals surface area contributed by atoms with Crippen LogP contribution in [0.25, 0.3) is 0 Å². The Bertz CT molecular complexity index is 562. The maximum atomic E-state index is 4.27. The number of nitrogens with one attached hydrogen (secondary N) is 2. The third kappa shape index (κ3) is 3.39. The molecule has 0 saturated heterocycles. The summed E-state index contributed by atoms with van der Waals surface area (Å²) in [6.45, 7) is 2.85. The standard InChI is InChI=1S/C13H15BrN4S/c1-3-15-12-11(14)13(17-8-16-12)18-9-6-4-5-7-10(9)19-2/h4-8H,3H2,1-2H3,(H2,15,16,17,18). The molecule has 0 unspecified atom stereocenters. The zero-order valence-corrected chi connectivity index (χ0v) is 13.2. The minimum Gasteiger partial charge on any atom is -0.369 e. The van der Waals surface area contributed by atoms with Crippen LogP contribution < -0.4 is 10.6 Å². The fraction of sp³-hybridized carbons (Fsp3) is 0.231. The van der Waals surface area contributed by atoms with E-state index >= 15 is 0 Å². The van der Waals surface area contributed by atoms with Gasteiger partial charge in [-0.1, -0.05) is 12.1 Å². The molecule has 0 aliphatic carbocycles. The van der Waals surface area contributed by atoms with Gasteiger partial charge in [0.25, 0.3) is 0 Å². The lowest BCUT2D eigenvalue weighted by Gasteiger charge is -2.12. The summed E-state index contributed by atoms with van der Waals surface area (Å²) in [4.78, 5) is 9.65. The molecule has 2 rings (SSSR count). The number of thioether (sulfide) groups is 1. The first kappa shape index (κ1) is 14.1. The minimum atomic E-state index is 0.757. The Hall–Kier alpha value is -1.27. The average molecular weight is 339 g/mol. The van der Waals surface area contributed by atoms with Crippen molar-refractivity contribution in [1.29, 1.82) is 0 Å². The fourth-order valence-electron chi connectivity index (χ4n) is 1.62. The van der Waals surface area contributed by atoms with Gasteiger partial charge in [-0.25, -0.2) is 9.97 Å². The van der Waals surface area contributed by atoms with Gasteiger partial charge in [-0.3, -0.25) is 0 Å². The van der Waals surface area contributed by atoms with Crippen LogP contribution in [0.15, 0.2) is 40.0 Å². The number of anilines is 3. The van der Waals surface area contributed by atoms with Crippen LogP contribution >= 0.6 is 27.7 Å². The second-order valence-electron chi connectivity index (χ2n) is 3.74. The van der Waals surface area contributed by atoms with Gasteiger partial charge in [0, 0.05) is 11.4 Å². The zero-order valence-electron chi connectivity index (χ0n) is 10.8. The van der Waals surface area contributed by atoms with Crippen molar-refractivity contribution in [3.05, 3.63) is 35.1 Å². The Labute approximate surface area is 125 Å². The molecule has 19 heavy (non-hydrogen) atoms. The van der Waals surface area contributed by atoms with Gasteiger partial charge >= 0.3 is 0 Å². The van der Waals surface area contributed by atoms with Gasteiger partial charge in [0.05, 0.1) is 5.69 Å². The van der Waals surface area contributed by atoms with E-state index in [4.69, 9.17) is 0 Å². The number of hydrogen-bond acceptors (Lipinski definition) is 5. The second-order valence-corrected chi connectivity index (χ2v) is 5.38. The summed E-state index contributed by atoms with van der Waals surface area (Å²) in [6.07, 6.45) is 3.60. The van der Waals surface area contributed by atoms with Gasteiger partial charge in [0.2, 0.25) is 0 Å². The monoisotopic (exact) mass is 338 g/mol. The molecule has 6 heteroatoms. The normalized spacial score (nSPS) is 10.3. The quantitative estimate of drug-likeness (QED) is 0.802. The molecule has 1 aromatic carbocycles.